The molecule has 0 aliphatic carbocycles. The van der Waals surface area contributed by atoms with Crippen LogP contribution in [0.4, 0.5) is 5.82 Å². The van der Waals surface area contributed by atoms with E-state index < -0.39 is 23.9 Å². The Morgan fingerprint density at radius 1 is 1.03 bits per heavy atom. The van der Waals surface area contributed by atoms with E-state index in [1.807, 2.05) is 12.1 Å². The summed E-state index contributed by atoms with van der Waals surface area (Å²) in [7, 11) is 0. The molecule has 186 valence electrons. The number of aromatic nitrogens is 1. The minimum atomic E-state index is -1.27. The van der Waals surface area contributed by atoms with Crippen LogP contribution in [-0.4, -0.2) is 28.9 Å². The van der Waals surface area contributed by atoms with Crippen molar-refractivity contribution < 1.29 is 14.3 Å². The number of rotatable bonds is 9. The lowest BCUT2D eigenvalue weighted by Crippen LogP contribution is -2.41. The molecular weight excluding hydrogens is 488 g/mol. The van der Waals surface area contributed by atoms with E-state index in [0.29, 0.717) is 16.9 Å². The maximum Gasteiger partial charge on any atom is 0.323 e. The number of dihydropyridines is 1. The summed E-state index contributed by atoms with van der Waals surface area (Å²) in [6.07, 6.45) is 6.06. The molecule has 1 aromatic heterocycles. The zero-order valence-corrected chi connectivity index (χ0v) is 20.7. The van der Waals surface area contributed by atoms with Crippen LogP contribution in [0.25, 0.3) is 0 Å². The quantitative estimate of drug-likeness (QED) is 0.187. The van der Waals surface area contributed by atoms with E-state index in [-0.39, 0.29) is 18.5 Å². The zero-order valence-electron chi connectivity index (χ0n) is 19.9. The number of nitriles is 1. The van der Waals surface area contributed by atoms with Gasteiger partial charge in [-0.2, -0.15) is 5.26 Å². The highest BCUT2D eigenvalue weighted by molar-refractivity contribution is 6.21. The van der Waals surface area contributed by atoms with Crippen molar-refractivity contribution in [2.45, 2.75) is 23.9 Å². The lowest BCUT2D eigenvalue weighted by molar-refractivity contribution is -0.153. The van der Waals surface area contributed by atoms with Crippen LogP contribution in [0.3, 0.4) is 0 Å². The molecule has 1 amide bonds. The second kappa shape index (κ2) is 12.5. The Kier molecular flexibility index (Phi) is 8.69. The van der Waals surface area contributed by atoms with Gasteiger partial charge in [-0.1, -0.05) is 84.4 Å². The van der Waals surface area contributed by atoms with E-state index in [4.69, 9.17) is 16.3 Å². The van der Waals surface area contributed by atoms with Crippen molar-refractivity contribution in [2.75, 3.05) is 11.4 Å². The normalized spacial score (nSPS) is 15.9. The second-order valence-electron chi connectivity index (χ2n) is 8.30. The standard InChI is InChI=1S/C29H25ClN4O3/c30-25-15-14-21(19-33-25)20-34(26-13-7-8-18-32-26)28(35)27(23-11-5-2-6-12-23)29(36)37-24(16-17-31)22-9-3-1-4-10-22/h1-15,18-19,24-25,27,33H,16,20H2. The highest BCUT2D eigenvalue weighted by Gasteiger charge is 2.36. The van der Waals surface area contributed by atoms with Crippen LogP contribution in [0.15, 0.2) is 109 Å². The molecule has 0 radical (unpaired) electrons. The van der Waals surface area contributed by atoms with Gasteiger partial charge in [0.15, 0.2) is 5.92 Å². The van der Waals surface area contributed by atoms with E-state index in [0.717, 1.165) is 5.57 Å². The molecule has 0 fully saturated rings. The summed E-state index contributed by atoms with van der Waals surface area (Å²) in [6.45, 7) is 0.153. The van der Waals surface area contributed by atoms with Gasteiger partial charge >= 0.3 is 5.97 Å². The van der Waals surface area contributed by atoms with Crippen LogP contribution in [0, 0.1) is 11.3 Å². The smallest absolute Gasteiger partial charge is 0.323 e. The van der Waals surface area contributed by atoms with Crippen molar-refractivity contribution in [2.24, 2.45) is 0 Å². The van der Waals surface area contributed by atoms with Gasteiger partial charge < -0.3 is 10.1 Å². The van der Waals surface area contributed by atoms with Gasteiger partial charge in [-0.15, -0.1) is 0 Å². The molecule has 3 atom stereocenters. The summed E-state index contributed by atoms with van der Waals surface area (Å²) < 4.78 is 5.82. The first kappa shape index (κ1) is 25.7. The summed E-state index contributed by atoms with van der Waals surface area (Å²) in [5, 5.41) is 12.4. The van der Waals surface area contributed by atoms with Gasteiger partial charge in [0.25, 0.3) is 0 Å². The SMILES string of the molecule is N#CCC(OC(=O)C(C(=O)N(CC1=CNC(Cl)C=C1)c1ccccn1)c1ccccc1)c1ccccc1. The van der Waals surface area contributed by atoms with Gasteiger partial charge in [-0.05, 0) is 34.9 Å². The van der Waals surface area contributed by atoms with Crippen molar-refractivity contribution >= 4 is 29.3 Å². The van der Waals surface area contributed by atoms with Crippen LogP contribution in [0.2, 0.25) is 0 Å². The van der Waals surface area contributed by atoms with E-state index in [1.165, 1.54) is 4.90 Å². The van der Waals surface area contributed by atoms with Crippen molar-refractivity contribution in [1.82, 2.24) is 10.3 Å². The monoisotopic (exact) mass is 512 g/mol. The fourth-order valence-corrected chi connectivity index (χ4v) is 4.07. The average molecular weight is 513 g/mol. The Bertz CT molecular complexity index is 1310. The van der Waals surface area contributed by atoms with Gasteiger partial charge in [0.2, 0.25) is 5.91 Å². The molecule has 2 aromatic carbocycles. The third-order valence-corrected chi connectivity index (χ3v) is 6.03. The molecule has 1 aliphatic heterocycles. The average Bonchev–Trinajstić information content (AvgIpc) is 2.94. The maximum atomic E-state index is 14.1. The minimum Gasteiger partial charge on any atom is -0.456 e. The third kappa shape index (κ3) is 6.63. The Morgan fingerprint density at radius 2 is 1.70 bits per heavy atom. The predicted molar refractivity (Wildman–Crippen MR) is 141 cm³/mol. The first-order chi connectivity index (χ1) is 18.1. The molecule has 0 saturated carbocycles. The van der Waals surface area contributed by atoms with Crippen LogP contribution in [0.5, 0.6) is 0 Å². The molecule has 0 bridgehead atoms. The number of hydrogen-bond acceptors (Lipinski definition) is 6. The predicted octanol–water partition coefficient (Wildman–Crippen LogP) is 5.00. The van der Waals surface area contributed by atoms with E-state index in [2.05, 4.69) is 16.4 Å². The second-order valence-corrected chi connectivity index (χ2v) is 8.77. The minimum absolute atomic E-state index is 0.0433. The Morgan fingerprint density at radius 3 is 2.30 bits per heavy atom. The molecule has 1 N–H and O–H groups in total. The highest BCUT2D eigenvalue weighted by atomic mass is 35.5. The number of hydrogen-bond donors (Lipinski definition) is 1. The highest BCUT2D eigenvalue weighted by Crippen LogP contribution is 2.29. The molecular formula is C29H25ClN4O3. The molecule has 0 saturated heterocycles. The third-order valence-electron chi connectivity index (χ3n) is 5.76. The fraction of sp³-hybridized carbons (Fsp3) is 0.172. The van der Waals surface area contributed by atoms with Crippen LogP contribution in [-0.2, 0) is 14.3 Å². The van der Waals surface area contributed by atoms with Crippen LogP contribution >= 0.6 is 11.6 Å². The molecule has 1 aliphatic rings. The van der Waals surface area contributed by atoms with Gasteiger partial charge in [0, 0.05) is 12.4 Å². The fourth-order valence-electron chi connectivity index (χ4n) is 3.93. The lowest BCUT2D eigenvalue weighted by atomic mass is 9.96. The molecule has 3 aromatic rings. The number of benzene rings is 2. The molecule has 7 nitrogen and oxygen atoms in total. The summed E-state index contributed by atoms with van der Waals surface area (Å²) in [5.74, 6) is -2.12. The molecule has 3 unspecified atom stereocenters. The number of amides is 1. The Labute approximate surface area is 220 Å². The van der Waals surface area contributed by atoms with Crippen molar-refractivity contribution in [3.8, 4) is 6.07 Å². The van der Waals surface area contributed by atoms with Crippen LogP contribution < -0.4 is 10.2 Å². The van der Waals surface area contributed by atoms with E-state index >= 15 is 0 Å². The molecule has 0 spiro atoms. The first-order valence-electron chi connectivity index (χ1n) is 11.7. The Hall–Kier alpha value is -4.41. The van der Waals surface area contributed by atoms with Gasteiger partial charge in [-0.25, -0.2) is 4.98 Å². The number of carbonyl (C=O) groups is 2. The molecule has 8 heteroatoms. The molecule has 4 rings (SSSR count). The Balaban J connectivity index is 1.69. The van der Waals surface area contributed by atoms with E-state index in [9.17, 15) is 14.9 Å². The van der Waals surface area contributed by atoms with Crippen molar-refractivity contribution in [3.05, 3.63) is 120 Å². The summed E-state index contributed by atoms with van der Waals surface area (Å²) in [6, 6.07) is 25.1. The number of anilines is 1. The topological polar surface area (TPSA) is 95.3 Å². The van der Waals surface area contributed by atoms with Crippen LogP contribution in [0.1, 0.15) is 29.6 Å². The maximum absolute atomic E-state index is 14.1. The molecule has 37 heavy (non-hydrogen) atoms. The number of ether oxygens (including phenoxy) is 1. The number of halogens is 1. The number of nitrogens with zero attached hydrogens (tertiary/aromatic N) is 3. The lowest BCUT2D eigenvalue weighted by Gasteiger charge is -2.28. The van der Waals surface area contributed by atoms with Gasteiger partial charge in [0.1, 0.15) is 17.4 Å². The van der Waals surface area contributed by atoms with Gasteiger partial charge in [-0.3, -0.25) is 14.5 Å². The van der Waals surface area contributed by atoms with E-state index in [1.54, 1.807) is 91.3 Å². The first-order valence-corrected chi connectivity index (χ1v) is 12.2. The largest absolute Gasteiger partial charge is 0.456 e. The molecule has 2 heterocycles. The number of pyridine rings is 1. The summed E-state index contributed by atoms with van der Waals surface area (Å²) in [4.78, 5) is 33.6. The van der Waals surface area contributed by atoms with Crippen molar-refractivity contribution in [3.63, 3.8) is 0 Å². The number of nitrogens with one attached hydrogen (secondary N) is 1. The number of alkyl halides is 1. The summed E-state index contributed by atoms with van der Waals surface area (Å²) in [5.41, 5.74) is 1.60. The van der Waals surface area contributed by atoms with Crippen molar-refractivity contribution in [1.29, 1.82) is 5.26 Å². The van der Waals surface area contributed by atoms with Gasteiger partial charge in [0.05, 0.1) is 19.0 Å². The number of carbonyl (C=O) groups excluding carboxylic acids is 2. The zero-order chi connectivity index (χ0) is 26.0. The number of esters is 1. The summed E-state index contributed by atoms with van der Waals surface area (Å²) >= 11 is 6.08.